The third-order valence-corrected chi connectivity index (χ3v) is 3.82. The molecule has 0 saturated heterocycles. The van der Waals surface area contributed by atoms with Gasteiger partial charge in [-0.3, -0.25) is 0 Å². The van der Waals surface area contributed by atoms with Crippen molar-refractivity contribution in [3.63, 3.8) is 0 Å². The lowest BCUT2D eigenvalue weighted by atomic mass is 10.00. The molecular formula is C18H22FNO. The zero-order valence-corrected chi connectivity index (χ0v) is 13.0. The van der Waals surface area contributed by atoms with Gasteiger partial charge in [-0.05, 0) is 44.0 Å². The number of ether oxygens (including phenoxy) is 1. The van der Waals surface area contributed by atoms with Crippen LogP contribution in [0.25, 0.3) is 0 Å². The summed E-state index contributed by atoms with van der Waals surface area (Å²) in [5.74, 6) is 0.332. The monoisotopic (exact) mass is 287 g/mol. The van der Waals surface area contributed by atoms with Gasteiger partial charge in [-0.2, -0.15) is 0 Å². The maximum atomic E-state index is 14.1. The Morgan fingerprint density at radius 1 is 1.00 bits per heavy atom. The summed E-state index contributed by atoms with van der Waals surface area (Å²) in [7, 11) is 1.57. The predicted molar refractivity (Wildman–Crippen MR) is 84.1 cm³/mol. The van der Waals surface area contributed by atoms with E-state index in [1.807, 2.05) is 19.1 Å². The summed E-state index contributed by atoms with van der Waals surface area (Å²) in [5, 5.41) is 3.45. The van der Waals surface area contributed by atoms with E-state index in [1.54, 1.807) is 19.2 Å². The highest BCUT2D eigenvalue weighted by Gasteiger charge is 2.19. The van der Waals surface area contributed by atoms with Crippen molar-refractivity contribution in [2.75, 3.05) is 7.11 Å². The van der Waals surface area contributed by atoms with Crippen molar-refractivity contribution in [1.82, 2.24) is 5.32 Å². The molecule has 0 saturated carbocycles. The van der Waals surface area contributed by atoms with Crippen molar-refractivity contribution in [1.29, 1.82) is 0 Å². The van der Waals surface area contributed by atoms with E-state index >= 15 is 0 Å². The predicted octanol–water partition coefficient (Wildman–Crippen LogP) is 4.55. The van der Waals surface area contributed by atoms with Crippen LogP contribution in [0.4, 0.5) is 4.39 Å². The van der Waals surface area contributed by atoms with Gasteiger partial charge in [-0.25, -0.2) is 4.39 Å². The zero-order chi connectivity index (χ0) is 15.4. The lowest BCUT2D eigenvalue weighted by Gasteiger charge is -2.23. The molecule has 0 aliphatic heterocycles. The summed E-state index contributed by atoms with van der Waals surface area (Å²) < 4.78 is 19.4. The van der Waals surface area contributed by atoms with E-state index in [9.17, 15) is 4.39 Å². The van der Waals surface area contributed by atoms with Gasteiger partial charge in [0.1, 0.15) is 11.6 Å². The Bertz CT molecular complexity index is 612. The number of halogens is 1. The molecule has 0 aliphatic rings. The SMILES string of the molecule is COc1cccc(F)c1C(C)NC(C)c1ccccc1C. The average molecular weight is 287 g/mol. The number of hydrogen-bond donors (Lipinski definition) is 1. The Hall–Kier alpha value is -1.87. The Balaban J connectivity index is 2.22. The molecule has 1 N–H and O–H groups in total. The van der Waals surface area contributed by atoms with E-state index in [0.29, 0.717) is 11.3 Å². The Kier molecular flexibility index (Phi) is 4.97. The van der Waals surface area contributed by atoms with E-state index in [0.717, 1.165) is 0 Å². The number of hydrogen-bond acceptors (Lipinski definition) is 2. The molecule has 0 radical (unpaired) electrons. The highest BCUT2D eigenvalue weighted by atomic mass is 19.1. The molecule has 2 aromatic rings. The van der Waals surface area contributed by atoms with Gasteiger partial charge in [0.2, 0.25) is 0 Å². The summed E-state index contributed by atoms with van der Waals surface area (Å²) in [6.07, 6.45) is 0. The molecule has 3 heteroatoms. The highest BCUT2D eigenvalue weighted by Crippen LogP contribution is 2.30. The van der Waals surface area contributed by atoms with Crippen molar-refractivity contribution in [3.05, 3.63) is 65.0 Å². The molecule has 21 heavy (non-hydrogen) atoms. The quantitative estimate of drug-likeness (QED) is 0.870. The van der Waals surface area contributed by atoms with Crippen LogP contribution >= 0.6 is 0 Å². The molecule has 112 valence electrons. The smallest absolute Gasteiger partial charge is 0.131 e. The fourth-order valence-corrected chi connectivity index (χ4v) is 2.74. The van der Waals surface area contributed by atoms with Gasteiger partial charge < -0.3 is 10.1 Å². The maximum Gasteiger partial charge on any atom is 0.131 e. The van der Waals surface area contributed by atoms with Crippen LogP contribution in [0.15, 0.2) is 42.5 Å². The molecule has 0 aromatic heterocycles. The van der Waals surface area contributed by atoms with Gasteiger partial charge in [-0.1, -0.05) is 30.3 Å². The second kappa shape index (κ2) is 6.72. The Morgan fingerprint density at radius 3 is 2.38 bits per heavy atom. The zero-order valence-electron chi connectivity index (χ0n) is 13.0. The molecule has 2 unspecified atom stereocenters. The van der Waals surface area contributed by atoms with E-state index < -0.39 is 0 Å². The van der Waals surface area contributed by atoms with Gasteiger partial charge in [0.05, 0.1) is 7.11 Å². The van der Waals surface area contributed by atoms with Crippen molar-refractivity contribution >= 4 is 0 Å². The summed E-state index contributed by atoms with van der Waals surface area (Å²) in [6.45, 7) is 6.13. The second-order valence-corrected chi connectivity index (χ2v) is 5.32. The number of methoxy groups -OCH3 is 1. The maximum absolute atomic E-state index is 14.1. The van der Waals surface area contributed by atoms with Crippen LogP contribution in [-0.4, -0.2) is 7.11 Å². The minimum Gasteiger partial charge on any atom is -0.496 e. The minimum atomic E-state index is -0.244. The molecule has 0 aliphatic carbocycles. The third-order valence-electron chi connectivity index (χ3n) is 3.82. The molecule has 0 bridgehead atoms. The lowest BCUT2D eigenvalue weighted by molar-refractivity contribution is 0.387. The molecule has 2 nitrogen and oxygen atoms in total. The molecule has 2 atom stereocenters. The number of aryl methyl sites for hydroxylation is 1. The molecular weight excluding hydrogens is 265 g/mol. The van der Waals surface area contributed by atoms with Crippen LogP contribution < -0.4 is 10.1 Å². The van der Waals surface area contributed by atoms with Crippen molar-refractivity contribution in [3.8, 4) is 5.75 Å². The van der Waals surface area contributed by atoms with Crippen LogP contribution in [0.5, 0.6) is 5.75 Å². The second-order valence-electron chi connectivity index (χ2n) is 5.32. The molecule has 0 heterocycles. The van der Waals surface area contributed by atoms with E-state index in [1.165, 1.54) is 17.2 Å². The standard InChI is InChI=1S/C18H22FNO/c1-12-8-5-6-9-15(12)13(2)20-14(3)18-16(19)10-7-11-17(18)21-4/h5-11,13-14,20H,1-4H3. The van der Waals surface area contributed by atoms with E-state index in [2.05, 4.69) is 31.3 Å². The van der Waals surface area contributed by atoms with Crippen LogP contribution in [0.2, 0.25) is 0 Å². The topological polar surface area (TPSA) is 21.3 Å². The summed E-state index contributed by atoms with van der Waals surface area (Å²) in [4.78, 5) is 0. The highest BCUT2D eigenvalue weighted by molar-refractivity contribution is 5.37. The third kappa shape index (κ3) is 3.42. The first-order valence-corrected chi connectivity index (χ1v) is 7.18. The van der Waals surface area contributed by atoms with E-state index in [4.69, 9.17) is 4.74 Å². The summed E-state index contributed by atoms with van der Waals surface area (Å²) in [6, 6.07) is 13.1. The van der Waals surface area contributed by atoms with Crippen molar-refractivity contribution in [2.45, 2.75) is 32.9 Å². The van der Waals surface area contributed by atoms with Gasteiger partial charge in [0, 0.05) is 17.6 Å². The number of nitrogens with one attached hydrogen (secondary N) is 1. The first-order chi connectivity index (χ1) is 10.0. The van der Waals surface area contributed by atoms with Crippen LogP contribution in [0, 0.1) is 12.7 Å². The van der Waals surface area contributed by atoms with Crippen LogP contribution in [0.1, 0.15) is 42.6 Å². The Morgan fingerprint density at radius 2 is 1.71 bits per heavy atom. The van der Waals surface area contributed by atoms with Crippen molar-refractivity contribution < 1.29 is 9.13 Å². The number of benzene rings is 2. The van der Waals surface area contributed by atoms with Crippen molar-refractivity contribution in [2.24, 2.45) is 0 Å². The molecule has 2 aromatic carbocycles. The normalized spacial score (nSPS) is 13.8. The molecule has 2 rings (SSSR count). The lowest BCUT2D eigenvalue weighted by Crippen LogP contribution is -2.24. The first-order valence-electron chi connectivity index (χ1n) is 7.18. The number of rotatable bonds is 5. The summed E-state index contributed by atoms with van der Waals surface area (Å²) in [5.41, 5.74) is 3.02. The van der Waals surface area contributed by atoms with E-state index in [-0.39, 0.29) is 17.9 Å². The summed E-state index contributed by atoms with van der Waals surface area (Å²) >= 11 is 0. The molecule has 0 spiro atoms. The average Bonchev–Trinajstić information content (AvgIpc) is 2.46. The van der Waals surface area contributed by atoms with Crippen LogP contribution in [-0.2, 0) is 0 Å². The fourth-order valence-electron chi connectivity index (χ4n) is 2.74. The molecule has 0 amide bonds. The molecule has 0 fully saturated rings. The first kappa shape index (κ1) is 15.5. The fraction of sp³-hybridized carbons (Fsp3) is 0.333. The van der Waals surface area contributed by atoms with Gasteiger partial charge in [-0.15, -0.1) is 0 Å². The van der Waals surface area contributed by atoms with Gasteiger partial charge in [0.15, 0.2) is 0 Å². The van der Waals surface area contributed by atoms with Gasteiger partial charge in [0.25, 0.3) is 0 Å². The largest absolute Gasteiger partial charge is 0.496 e. The van der Waals surface area contributed by atoms with Gasteiger partial charge >= 0.3 is 0 Å². The Labute approximate surface area is 126 Å². The minimum absolute atomic E-state index is 0.130. The van der Waals surface area contributed by atoms with Crippen LogP contribution in [0.3, 0.4) is 0 Å².